The molecule has 0 spiro atoms. The molecule has 2 N–H and O–H groups in total. The van der Waals surface area contributed by atoms with Gasteiger partial charge in [0.2, 0.25) is 0 Å². The maximum atomic E-state index is 13.3. The zero-order valence-corrected chi connectivity index (χ0v) is 15.2. The normalized spacial score (nSPS) is 11.4. The number of rotatable bonds is 5. The standard InChI is InChI=1S/C22H17F3N4/c23-22(24,25)19-9-5-4-8-18(19)16-10-11-26-21(12-16)27-14-17-13-20(29-28-17)15-6-2-1-3-7-15/h1-13H,14H2,(H,26,27)(H,28,29). The third-order valence-electron chi connectivity index (χ3n) is 4.47. The second kappa shape index (κ2) is 7.79. The molecule has 4 nitrogen and oxygen atoms in total. The predicted molar refractivity (Wildman–Crippen MR) is 106 cm³/mol. The molecule has 0 amide bonds. The number of nitrogens with zero attached hydrogens (tertiary/aromatic N) is 2. The van der Waals surface area contributed by atoms with Crippen molar-refractivity contribution < 1.29 is 13.2 Å². The Morgan fingerprint density at radius 1 is 0.862 bits per heavy atom. The lowest BCUT2D eigenvalue weighted by molar-refractivity contribution is -0.137. The molecule has 146 valence electrons. The van der Waals surface area contributed by atoms with E-state index in [1.54, 1.807) is 18.2 Å². The highest BCUT2D eigenvalue weighted by Gasteiger charge is 2.33. The van der Waals surface area contributed by atoms with Crippen LogP contribution in [0.15, 0.2) is 79.0 Å². The summed E-state index contributed by atoms with van der Waals surface area (Å²) in [5.41, 5.74) is 2.58. The zero-order valence-electron chi connectivity index (χ0n) is 15.2. The van der Waals surface area contributed by atoms with Crippen molar-refractivity contribution in [2.45, 2.75) is 12.7 Å². The van der Waals surface area contributed by atoms with Gasteiger partial charge in [0.15, 0.2) is 0 Å². The van der Waals surface area contributed by atoms with E-state index in [-0.39, 0.29) is 5.56 Å². The number of alkyl halides is 3. The predicted octanol–water partition coefficient (Wildman–Crippen LogP) is 5.77. The molecule has 0 radical (unpaired) electrons. The third kappa shape index (κ3) is 4.29. The van der Waals surface area contributed by atoms with Gasteiger partial charge in [0.05, 0.1) is 23.5 Å². The molecule has 0 saturated carbocycles. The Morgan fingerprint density at radius 3 is 2.41 bits per heavy atom. The van der Waals surface area contributed by atoms with Crippen molar-refractivity contribution in [3.05, 3.63) is 90.3 Å². The lowest BCUT2D eigenvalue weighted by Crippen LogP contribution is -2.07. The zero-order chi connectivity index (χ0) is 20.3. The fourth-order valence-corrected chi connectivity index (χ4v) is 3.08. The molecule has 4 rings (SSSR count). The second-order valence-corrected chi connectivity index (χ2v) is 6.47. The van der Waals surface area contributed by atoms with Crippen LogP contribution < -0.4 is 5.32 Å². The highest BCUT2D eigenvalue weighted by Crippen LogP contribution is 2.37. The van der Waals surface area contributed by atoms with Crippen LogP contribution in [0.1, 0.15) is 11.3 Å². The van der Waals surface area contributed by atoms with Crippen molar-refractivity contribution in [1.29, 1.82) is 0 Å². The van der Waals surface area contributed by atoms with Gasteiger partial charge in [0.1, 0.15) is 5.82 Å². The Hall–Kier alpha value is -3.61. The first-order valence-electron chi connectivity index (χ1n) is 8.97. The van der Waals surface area contributed by atoms with Gasteiger partial charge in [-0.3, -0.25) is 5.10 Å². The minimum absolute atomic E-state index is 0.122. The van der Waals surface area contributed by atoms with Crippen molar-refractivity contribution in [3.8, 4) is 22.4 Å². The van der Waals surface area contributed by atoms with Crippen LogP contribution in [0, 0.1) is 0 Å². The summed E-state index contributed by atoms with van der Waals surface area (Å²) >= 11 is 0. The van der Waals surface area contributed by atoms with Gasteiger partial charge in [-0.1, -0.05) is 48.5 Å². The Morgan fingerprint density at radius 2 is 1.62 bits per heavy atom. The van der Waals surface area contributed by atoms with Gasteiger partial charge in [0.25, 0.3) is 0 Å². The summed E-state index contributed by atoms with van der Waals surface area (Å²) in [6.45, 7) is 0.390. The summed E-state index contributed by atoms with van der Waals surface area (Å²) in [5.74, 6) is 0.476. The lowest BCUT2D eigenvalue weighted by atomic mass is 10.00. The minimum Gasteiger partial charge on any atom is -0.364 e. The summed E-state index contributed by atoms with van der Waals surface area (Å²) in [6, 6.07) is 20.4. The maximum absolute atomic E-state index is 13.3. The Balaban J connectivity index is 1.52. The van der Waals surface area contributed by atoms with Gasteiger partial charge in [-0.25, -0.2) is 4.98 Å². The molecule has 0 aliphatic rings. The van der Waals surface area contributed by atoms with Crippen LogP contribution in [0.3, 0.4) is 0 Å². The van der Waals surface area contributed by atoms with Crippen LogP contribution in [-0.4, -0.2) is 15.2 Å². The van der Waals surface area contributed by atoms with E-state index in [2.05, 4.69) is 20.5 Å². The summed E-state index contributed by atoms with van der Waals surface area (Å²) < 4.78 is 39.9. The molecule has 0 atom stereocenters. The smallest absolute Gasteiger partial charge is 0.364 e. The largest absolute Gasteiger partial charge is 0.417 e. The summed E-state index contributed by atoms with van der Waals surface area (Å²) in [5, 5.41) is 10.4. The van der Waals surface area contributed by atoms with Gasteiger partial charge >= 0.3 is 6.18 Å². The van der Waals surface area contributed by atoms with Crippen molar-refractivity contribution in [2.75, 3.05) is 5.32 Å². The number of nitrogens with one attached hydrogen (secondary N) is 2. The summed E-state index contributed by atoms with van der Waals surface area (Å²) in [7, 11) is 0. The van der Waals surface area contributed by atoms with E-state index >= 15 is 0 Å². The molecule has 0 aliphatic heterocycles. The molecule has 4 aromatic rings. The number of aromatic nitrogens is 3. The van der Waals surface area contributed by atoms with E-state index in [1.807, 2.05) is 36.4 Å². The fraction of sp³-hybridized carbons (Fsp3) is 0.0909. The topological polar surface area (TPSA) is 53.6 Å². The number of H-pyrrole nitrogens is 1. The van der Waals surface area contributed by atoms with E-state index in [1.165, 1.54) is 18.3 Å². The van der Waals surface area contributed by atoms with E-state index in [0.29, 0.717) is 17.9 Å². The van der Waals surface area contributed by atoms with E-state index in [9.17, 15) is 13.2 Å². The summed E-state index contributed by atoms with van der Waals surface area (Å²) in [6.07, 6.45) is -2.93. The monoisotopic (exact) mass is 394 g/mol. The first-order valence-corrected chi connectivity index (χ1v) is 8.97. The second-order valence-electron chi connectivity index (χ2n) is 6.47. The van der Waals surface area contributed by atoms with E-state index in [0.717, 1.165) is 23.0 Å². The van der Waals surface area contributed by atoms with Gasteiger partial charge < -0.3 is 5.32 Å². The molecule has 0 unspecified atom stereocenters. The first kappa shape index (κ1) is 18.7. The summed E-state index contributed by atoms with van der Waals surface area (Å²) in [4.78, 5) is 4.21. The van der Waals surface area contributed by atoms with Crippen LogP contribution in [0.5, 0.6) is 0 Å². The molecular formula is C22H17F3N4. The Labute approximate surface area is 165 Å². The quantitative estimate of drug-likeness (QED) is 0.452. The van der Waals surface area contributed by atoms with Gasteiger partial charge in [-0.05, 0) is 41.0 Å². The molecule has 0 bridgehead atoms. The first-order chi connectivity index (χ1) is 14.0. The van der Waals surface area contributed by atoms with Crippen molar-refractivity contribution in [1.82, 2.24) is 15.2 Å². The highest BCUT2D eigenvalue weighted by atomic mass is 19.4. The van der Waals surface area contributed by atoms with Gasteiger partial charge in [-0.15, -0.1) is 0 Å². The molecule has 0 fully saturated rings. The number of anilines is 1. The van der Waals surface area contributed by atoms with Crippen molar-refractivity contribution >= 4 is 5.82 Å². The molecular weight excluding hydrogens is 377 g/mol. The van der Waals surface area contributed by atoms with Crippen molar-refractivity contribution in [2.24, 2.45) is 0 Å². The van der Waals surface area contributed by atoms with Crippen LogP contribution in [0.2, 0.25) is 0 Å². The average molecular weight is 394 g/mol. The van der Waals surface area contributed by atoms with Crippen LogP contribution >= 0.6 is 0 Å². The van der Waals surface area contributed by atoms with E-state index in [4.69, 9.17) is 0 Å². The number of hydrogen-bond donors (Lipinski definition) is 2. The number of halogens is 3. The number of aromatic amines is 1. The minimum atomic E-state index is -4.42. The van der Waals surface area contributed by atoms with Crippen molar-refractivity contribution in [3.63, 3.8) is 0 Å². The van der Waals surface area contributed by atoms with Crippen LogP contribution in [-0.2, 0) is 12.7 Å². The van der Waals surface area contributed by atoms with Gasteiger partial charge in [0, 0.05) is 6.20 Å². The lowest BCUT2D eigenvalue weighted by Gasteiger charge is -2.13. The molecule has 0 saturated heterocycles. The average Bonchev–Trinajstić information content (AvgIpc) is 3.22. The molecule has 7 heteroatoms. The van der Waals surface area contributed by atoms with Crippen LogP contribution in [0.4, 0.5) is 19.0 Å². The maximum Gasteiger partial charge on any atom is 0.417 e. The molecule has 2 heterocycles. The number of pyridine rings is 1. The molecule has 0 aliphatic carbocycles. The Kier molecular flexibility index (Phi) is 5.03. The van der Waals surface area contributed by atoms with E-state index < -0.39 is 11.7 Å². The number of hydrogen-bond acceptors (Lipinski definition) is 3. The molecule has 2 aromatic carbocycles. The SMILES string of the molecule is FC(F)(F)c1ccccc1-c1ccnc(NCc2cc(-c3ccccc3)[nH]n2)c1. The Bertz CT molecular complexity index is 1100. The highest BCUT2D eigenvalue weighted by molar-refractivity contribution is 5.70. The molecule has 29 heavy (non-hydrogen) atoms. The fourth-order valence-electron chi connectivity index (χ4n) is 3.08. The van der Waals surface area contributed by atoms with Gasteiger partial charge in [-0.2, -0.15) is 18.3 Å². The van der Waals surface area contributed by atoms with Crippen LogP contribution in [0.25, 0.3) is 22.4 Å². The number of benzene rings is 2. The molecule has 2 aromatic heterocycles. The third-order valence-corrected chi connectivity index (χ3v) is 4.47.